The van der Waals surface area contributed by atoms with Gasteiger partial charge in [-0.25, -0.2) is 0 Å². The number of likely N-dealkylation sites (tertiary alicyclic amines) is 1. The van der Waals surface area contributed by atoms with Crippen LogP contribution in [0.25, 0.3) is 0 Å². The van der Waals surface area contributed by atoms with Gasteiger partial charge in [0.2, 0.25) is 5.91 Å². The lowest BCUT2D eigenvalue weighted by Crippen LogP contribution is -2.38. The average Bonchev–Trinajstić information content (AvgIpc) is 2.95. The Morgan fingerprint density at radius 2 is 1.93 bits per heavy atom. The van der Waals surface area contributed by atoms with Crippen molar-refractivity contribution in [2.24, 2.45) is 4.99 Å². The van der Waals surface area contributed by atoms with Crippen LogP contribution in [0.2, 0.25) is 0 Å². The summed E-state index contributed by atoms with van der Waals surface area (Å²) in [5.41, 5.74) is 1.26. The van der Waals surface area contributed by atoms with Crippen molar-refractivity contribution in [2.45, 2.75) is 51.9 Å². The monoisotopic (exact) mass is 401 g/mol. The van der Waals surface area contributed by atoms with Crippen LogP contribution in [0, 0.1) is 0 Å². The molecule has 0 saturated carbocycles. The number of hydrogen-bond acceptors (Lipinski definition) is 3. The fraction of sp³-hybridized carbons (Fsp3) is 0.652. The number of benzene rings is 1. The molecule has 29 heavy (non-hydrogen) atoms. The van der Waals surface area contributed by atoms with E-state index in [2.05, 4.69) is 64.8 Å². The van der Waals surface area contributed by atoms with Crippen molar-refractivity contribution in [1.82, 2.24) is 15.5 Å². The Hall–Kier alpha value is -2.24. The van der Waals surface area contributed by atoms with Gasteiger partial charge in [-0.2, -0.15) is 0 Å². The molecule has 0 aliphatic carbocycles. The molecule has 2 N–H and O–H groups in total. The van der Waals surface area contributed by atoms with Gasteiger partial charge in [0.15, 0.2) is 5.96 Å². The second-order valence-electron chi connectivity index (χ2n) is 7.70. The first-order valence-corrected chi connectivity index (χ1v) is 11.3. The minimum absolute atomic E-state index is 0.317. The number of guanidine groups is 1. The standard InChI is InChI=1S/C23H39N5O/c1-3-24-23(26-17-12-20-28-19-10-5-8-15-22(28)29)25-16-9-11-18-27(2)21-13-6-4-7-14-21/h4,6-7,13-14H,3,5,8-12,15-20H2,1-2H3,(H2,24,25,26). The van der Waals surface area contributed by atoms with E-state index in [0.29, 0.717) is 12.3 Å². The summed E-state index contributed by atoms with van der Waals surface area (Å²) in [5, 5.41) is 6.74. The van der Waals surface area contributed by atoms with Crippen molar-refractivity contribution in [3.05, 3.63) is 30.3 Å². The normalized spacial score (nSPS) is 15.2. The van der Waals surface area contributed by atoms with Crippen molar-refractivity contribution in [1.29, 1.82) is 0 Å². The molecule has 6 heteroatoms. The van der Waals surface area contributed by atoms with E-state index in [1.807, 2.05) is 4.90 Å². The molecule has 0 radical (unpaired) electrons. The van der Waals surface area contributed by atoms with E-state index in [9.17, 15) is 4.79 Å². The van der Waals surface area contributed by atoms with Crippen LogP contribution in [-0.4, -0.2) is 63.1 Å². The number of para-hydroxylation sites is 1. The molecule has 1 heterocycles. The third kappa shape index (κ3) is 9.20. The largest absolute Gasteiger partial charge is 0.375 e. The van der Waals surface area contributed by atoms with Crippen molar-refractivity contribution in [2.75, 3.05) is 51.2 Å². The third-order valence-corrected chi connectivity index (χ3v) is 5.28. The maximum Gasteiger partial charge on any atom is 0.222 e. The Bertz CT molecular complexity index is 605. The Balaban J connectivity index is 1.62. The first-order chi connectivity index (χ1) is 14.2. The number of hydrogen-bond donors (Lipinski definition) is 2. The predicted octanol–water partition coefficient (Wildman–Crippen LogP) is 3.25. The molecule has 2 rings (SSSR count). The number of nitrogens with zero attached hydrogens (tertiary/aromatic N) is 3. The second kappa shape index (κ2) is 13.9. The first kappa shape index (κ1) is 23.0. The number of anilines is 1. The highest BCUT2D eigenvalue weighted by Gasteiger charge is 2.15. The van der Waals surface area contributed by atoms with E-state index in [1.54, 1.807) is 0 Å². The Kier molecular flexibility index (Phi) is 11.0. The molecule has 1 amide bonds. The van der Waals surface area contributed by atoms with Crippen LogP contribution in [0.5, 0.6) is 0 Å². The smallest absolute Gasteiger partial charge is 0.222 e. The van der Waals surface area contributed by atoms with Gasteiger partial charge in [-0.05, 0) is 51.2 Å². The summed E-state index contributed by atoms with van der Waals surface area (Å²) in [5.74, 6) is 1.20. The summed E-state index contributed by atoms with van der Waals surface area (Å²) in [6.07, 6.45) is 7.23. The fourth-order valence-electron chi connectivity index (χ4n) is 3.56. The highest BCUT2D eigenvalue weighted by molar-refractivity contribution is 5.79. The minimum atomic E-state index is 0.317. The molecule has 1 fully saturated rings. The molecule has 162 valence electrons. The van der Waals surface area contributed by atoms with Crippen molar-refractivity contribution < 1.29 is 4.79 Å². The number of aliphatic imine (C=N–C) groups is 1. The van der Waals surface area contributed by atoms with Gasteiger partial charge in [0.25, 0.3) is 0 Å². The molecule has 0 aromatic heterocycles. The molecular weight excluding hydrogens is 362 g/mol. The molecule has 1 aromatic rings. The number of unbranched alkanes of at least 4 members (excludes halogenated alkanes) is 1. The molecule has 0 unspecified atom stereocenters. The van der Waals surface area contributed by atoms with Crippen LogP contribution in [0.1, 0.15) is 51.9 Å². The third-order valence-electron chi connectivity index (χ3n) is 5.28. The number of nitrogens with one attached hydrogen (secondary N) is 2. The van der Waals surface area contributed by atoms with E-state index in [0.717, 1.165) is 77.3 Å². The molecule has 1 aromatic carbocycles. The van der Waals surface area contributed by atoms with Crippen LogP contribution < -0.4 is 15.5 Å². The van der Waals surface area contributed by atoms with Gasteiger partial charge in [-0.3, -0.25) is 9.79 Å². The summed E-state index contributed by atoms with van der Waals surface area (Å²) in [4.78, 5) is 21.0. The molecule has 1 aliphatic rings. The van der Waals surface area contributed by atoms with E-state index in [-0.39, 0.29) is 0 Å². The van der Waals surface area contributed by atoms with E-state index < -0.39 is 0 Å². The molecular formula is C23H39N5O. The summed E-state index contributed by atoms with van der Waals surface area (Å²) >= 11 is 0. The van der Waals surface area contributed by atoms with Gasteiger partial charge in [-0.1, -0.05) is 24.6 Å². The van der Waals surface area contributed by atoms with E-state index in [4.69, 9.17) is 0 Å². The Labute approximate surface area is 176 Å². The topological polar surface area (TPSA) is 60.0 Å². The molecule has 0 atom stereocenters. The van der Waals surface area contributed by atoms with Gasteiger partial charge in [0.05, 0.1) is 0 Å². The summed E-state index contributed by atoms with van der Waals surface area (Å²) in [6, 6.07) is 10.5. The predicted molar refractivity (Wildman–Crippen MR) is 123 cm³/mol. The highest BCUT2D eigenvalue weighted by Crippen LogP contribution is 2.12. The zero-order valence-electron chi connectivity index (χ0n) is 18.3. The van der Waals surface area contributed by atoms with Crippen LogP contribution in [0.4, 0.5) is 5.69 Å². The quantitative estimate of drug-likeness (QED) is 0.339. The van der Waals surface area contributed by atoms with Crippen LogP contribution in [0.15, 0.2) is 35.3 Å². The van der Waals surface area contributed by atoms with Gasteiger partial charge in [0.1, 0.15) is 0 Å². The SMILES string of the molecule is CCNC(=NCCCN1CCCCCC1=O)NCCCCN(C)c1ccccc1. The Morgan fingerprint density at radius 1 is 1.10 bits per heavy atom. The number of rotatable bonds is 11. The zero-order valence-corrected chi connectivity index (χ0v) is 18.3. The lowest BCUT2D eigenvalue weighted by atomic mass is 10.2. The molecule has 0 bridgehead atoms. The molecule has 1 aliphatic heterocycles. The van der Waals surface area contributed by atoms with E-state index in [1.165, 1.54) is 12.1 Å². The van der Waals surface area contributed by atoms with Crippen molar-refractivity contribution in [3.8, 4) is 0 Å². The highest BCUT2D eigenvalue weighted by atomic mass is 16.2. The average molecular weight is 402 g/mol. The summed E-state index contributed by atoms with van der Waals surface area (Å²) < 4.78 is 0. The van der Waals surface area contributed by atoms with E-state index >= 15 is 0 Å². The van der Waals surface area contributed by atoms with Crippen molar-refractivity contribution in [3.63, 3.8) is 0 Å². The minimum Gasteiger partial charge on any atom is -0.375 e. The van der Waals surface area contributed by atoms with Gasteiger partial charge in [0, 0.05) is 58.4 Å². The molecule has 0 spiro atoms. The number of amides is 1. The van der Waals surface area contributed by atoms with Crippen LogP contribution >= 0.6 is 0 Å². The van der Waals surface area contributed by atoms with Gasteiger partial charge < -0.3 is 20.4 Å². The lowest BCUT2D eigenvalue weighted by Gasteiger charge is -2.20. The maximum absolute atomic E-state index is 12.0. The zero-order chi connectivity index (χ0) is 20.7. The fourth-order valence-corrected chi connectivity index (χ4v) is 3.56. The number of carbonyl (C=O) groups excluding carboxylic acids is 1. The molecule has 6 nitrogen and oxygen atoms in total. The van der Waals surface area contributed by atoms with Gasteiger partial charge in [-0.15, -0.1) is 0 Å². The second-order valence-corrected chi connectivity index (χ2v) is 7.70. The number of carbonyl (C=O) groups is 1. The van der Waals surface area contributed by atoms with Crippen LogP contribution in [0.3, 0.4) is 0 Å². The summed E-state index contributed by atoms with van der Waals surface area (Å²) in [6.45, 7) is 7.39. The van der Waals surface area contributed by atoms with Crippen LogP contribution in [-0.2, 0) is 4.79 Å². The Morgan fingerprint density at radius 3 is 2.72 bits per heavy atom. The lowest BCUT2D eigenvalue weighted by molar-refractivity contribution is -0.130. The first-order valence-electron chi connectivity index (χ1n) is 11.3. The van der Waals surface area contributed by atoms with Crippen molar-refractivity contribution >= 4 is 17.6 Å². The van der Waals surface area contributed by atoms with Gasteiger partial charge >= 0.3 is 0 Å². The molecule has 1 saturated heterocycles. The maximum atomic E-state index is 12.0. The summed E-state index contributed by atoms with van der Waals surface area (Å²) in [7, 11) is 2.14.